The van der Waals surface area contributed by atoms with Crippen molar-refractivity contribution >= 4 is 21.6 Å². The normalized spacial score (nSPS) is 13.5. The maximum Gasteiger partial charge on any atom is 0.266 e. The summed E-state index contributed by atoms with van der Waals surface area (Å²) in [5.41, 5.74) is -0.525. The number of hydrogen-bond donors (Lipinski definition) is 2. The first-order chi connectivity index (χ1) is 8.36. The summed E-state index contributed by atoms with van der Waals surface area (Å²) in [6.45, 7) is 2.18. The lowest BCUT2D eigenvalue weighted by molar-refractivity contribution is 0.188. The number of methoxy groups -OCH3 is 1. The summed E-state index contributed by atoms with van der Waals surface area (Å²) >= 11 is 5.58. The van der Waals surface area contributed by atoms with E-state index < -0.39 is 15.6 Å². The summed E-state index contributed by atoms with van der Waals surface area (Å²) in [5, 5.41) is -0.164. The van der Waals surface area contributed by atoms with Crippen LogP contribution in [0.2, 0.25) is 5.02 Å². The fraction of sp³-hybridized carbons (Fsp3) is 0.500. The van der Waals surface area contributed by atoms with Gasteiger partial charge in [0.15, 0.2) is 0 Å². The topological polar surface area (TPSA) is 88.3 Å². The van der Waals surface area contributed by atoms with Crippen LogP contribution in [-0.2, 0) is 14.8 Å². The van der Waals surface area contributed by atoms with Crippen molar-refractivity contribution in [3.63, 3.8) is 0 Å². The van der Waals surface area contributed by atoms with E-state index in [0.717, 1.165) is 12.3 Å². The lowest BCUT2D eigenvalue weighted by atomic mass is 10.3. The Bertz CT molecular complexity index is 555. The second-order valence-electron chi connectivity index (χ2n) is 3.82. The highest BCUT2D eigenvalue weighted by Crippen LogP contribution is 2.11. The monoisotopic (exact) mass is 294 g/mol. The fourth-order valence-electron chi connectivity index (χ4n) is 1.28. The molecule has 2 N–H and O–H groups in total. The maximum absolute atomic E-state index is 11.9. The number of aromatic nitrogens is 1. The lowest BCUT2D eigenvalue weighted by Crippen LogP contribution is -2.33. The van der Waals surface area contributed by atoms with Gasteiger partial charge in [-0.3, -0.25) is 4.79 Å². The van der Waals surface area contributed by atoms with Crippen molar-refractivity contribution in [3.8, 4) is 0 Å². The molecule has 102 valence electrons. The summed E-state index contributed by atoms with van der Waals surface area (Å²) in [4.78, 5) is 13.2. The summed E-state index contributed by atoms with van der Waals surface area (Å²) in [6, 6.07) is 0.840. The first kappa shape index (κ1) is 15.2. The Morgan fingerprint density at radius 3 is 2.78 bits per heavy atom. The molecular formula is C10H15ClN2O4S. The average Bonchev–Trinajstić information content (AvgIpc) is 2.29. The highest BCUT2D eigenvalue weighted by molar-refractivity contribution is 7.89. The van der Waals surface area contributed by atoms with Crippen molar-refractivity contribution in [2.75, 3.05) is 13.7 Å². The molecule has 1 aromatic rings. The quantitative estimate of drug-likeness (QED) is 0.809. The molecule has 0 bridgehead atoms. The predicted octanol–water partition coefficient (Wildman–Crippen LogP) is 0.732. The van der Waals surface area contributed by atoms with Gasteiger partial charge < -0.3 is 9.72 Å². The van der Waals surface area contributed by atoms with Gasteiger partial charge in [-0.25, -0.2) is 13.1 Å². The summed E-state index contributed by atoms with van der Waals surface area (Å²) in [5.74, 6) is 0. The molecule has 1 aromatic heterocycles. The van der Waals surface area contributed by atoms with E-state index in [9.17, 15) is 13.2 Å². The Morgan fingerprint density at radius 1 is 1.56 bits per heavy atom. The molecule has 0 saturated heterocycles. The molecule has 0 aromatic carbocycles. The minimum Gasteiger partial charge on any atom is -0.385 e. The average molecular weight is 295 g/mol. The molecule has 1 rings (SSSR count). The van der Waals surface area contributed by atoms with E-state index in [1.807, 2.05) is 0 Å². The molecule has 18 heavy (non-hydrogen) atoms. The van der Waals surface area contributed by atoms with Gasteiger partial charge in [-0.15, -0.1) is 0 Å². The highest BCUT2D eigenvalue weighted by Gasteiger charge is 2.18. The number of aromatic amines is 1. The van der Waals surface area contributed by atoms with Crippen molar-refractivity contribution in [1.29, 1.82) is 0 Å². The summed E-state index contributed by atoms with van der Waals surface area (Å²) in [6.07, 6.45) is 1.66. The van der Waals surface area contributed by atoms with Crippen LogP contribution in [0.4, 0.5) is 0 Å². The maximum atomic E-state index is 11.9. The second-order valence-corrected chi connectivity index (χ2v) is 5.94. The Balaban J connectivity index is 2.86. The van der Waals surface area contributed by atoms with Crippen LogP contribution in [0.5, 0.6) is 0 Å². The molecule has 0 saturated carbocycles. The van der Waals surface area contributed by atoms with Crippen molar-refractivity contribution in [3.05, 3.63) is 27.6 Å². The molecule has 1 atom stereocenters. The molecule has 6 nitrogen and oxygen atoms in total. The summed E-state index contributed by atoms with van der Waals surface area (Å²) < 4.78 is 31.2. The van der Waals surface area contributed by atoms with Gasteiger partial charge in [-0.05, 0) is 19.4 Å². The molecule has 1 heterocycles. The van der Waals surface area contributed by atoms with Crippen LogP contribution in [0.15, 0.2) is 22.0 Å². The van der Waals surface area contributed by atoms with Crippen LogP contribution >= 0.6 is 11.6 Å². The molecule has 0 aliphatic carbocycles. The Kier molecular flexibility index (Phi) is 5.33. The molecule has 0 fully saturated rings. The van der Waals surface area contributed by atoms with Gasteiger partial charge in [-0.1, -0.05) is 11.6 Å². The highest BCUT2D eigenvalue weighted by atomic mass is 35.5. The van der Waals surface area contributed by atoms with E-state index in [2.05, 4.69) is 9.71 Å². The van der Waals surface area contributed by atoms with Crippen molar-refractivity contribution in [2.24, 2.45) is 0 Å². The van der Waals surface area contributed by atoms with Gasteiger partial charge in [0.05, 0.1) is 4.90 Å². The SMILES string of the molecule is COCCC(C)NS(=O)(=O)c1c[nH]c(=O)c(Cl)c1. The third-order valence-electron chi connectivity index (χ3n) is 2.25. The molecule has 0 aliphatic heterocycles. The Morgan fingerprint density at radius 2 is 2.22 bits per heavy atom. The van der Waals surface area contributed by atoms with Crippen molar-refractivity contribution < 1.29 is 13.2 Å². The molecule has 0 radical (unpaired) electrons. The molecule has 0 amide bonds. The minimum absolute atomic E-state index is 0.0728. The van der Waals surface area contributed by atoms with E-state index in [-0.39, 0.29) is 16.0 Å². The zero-order chi connectivity index (χ0) is 13.8. The molecule has 0 aliphatic rings. The van der Waals surface area contributed by atoms with E-state index in [1.54, 1.807) is 14.0 Å². The number of sulfonamides is 1. The number of rotatable bonds is 6. The largest absolute Gasteiger partial charge is 0.385 e. The first-order valence-electron chi connectivity index (χ1n) is 5.26. The first-order valence-corrected chi connectivity index (χ1v) is 7.12. The van der Waals surface area contributed by atoms with Crippen LogP contribution < -0.4 is 10.3 Å². The van der Waals surface area contributed by atoms with Crippen LogP contribution in [0.3, 0.4) is 0 Å². The van der Waals surface area contributed by atoms with Crippen molar-refractivity contribution in [2.45, 2.75) is 24.3 Å². The molecule has 8 heteroatoms. The zero-order valence-corrected chi connectivity index (χ0v) is 11.6. The third-order valence-corrected chi connectivity index (χ3v) is 4.10. The molecule has 1 unspecified atom stereocenters. The smallest absolute Gasteiger partial charge is 0.266 e. The predicted molar refractivity (Wildman–Crippen MR) is 68.3 cm³/mol. The fourth-order valence-corrected chi connectivity index (χ4v) is 2.79. The minimum atomic E-state index is -3.69. The number of pyridine rings is 1. The Hall–Kier alpha value is -0.890. The van der Waals surface area contributed by atoms with Crippen LogP contribution in [0, 0.1) is 0 Å². The van der Waals surface area contributed by atoms with E-state index in [1.165, 1.54) is 0 Å². The van der Waals surface area contributed by atoms with Crippen LogP contribution in [0.25, 0.3) is 0 Å². The van der Waals surface area contributed by atoms with E-state index in [0.29, 0.717) is 13.0 Å². The molecule has 0 spiro atoms. The van der Waals surface area contributed by atoms with E-state index >= 15 is 0 Å². The number of H-pyrrole nitrogens is 1. The zero-order valence-electron chi connectivity index (χ0n) is 10.1. The standard InChI is InChI=1S/C10H15ClN2O4S/c1-7(3-4-17-2)13-18(15,16)8-5-9(11)10(14)12-6-8/h5-7,13H,3-4H2,1-2H3,(H,12,14). The van der Waals surface area contributed by atoms with Gasteiger partial charge in [0.1, 0.15) is 5.02 Å². The third kappa shape index (κ3) is 4.09. The van der Waals surface area contributed by atoms with Gasteiger partial charge in [0, 0.05) is 26.0 Å². The number of nitrogens with one attached hydrogen (secondary N) is 2. The van der Waals surface area contributed by atoms with Gasteiger partial charge in [0.25, 0.3) is 5.56 Å². The second kappa shape index (κ2) is 6.33. The number of halogens is 1. The Labute approximate surface area is 110 Å². The molecular weight excluding hydrogens is 280 g/mol. The van der Waals surface area contributed by atoms with Gasteiger partial charge in [0.2, 0.25) is 10.0 Å². The number of ether oxygens (including phenoxy) is 1. The van der Waals surface area contributed by atoms with Crippen LogP contribution in [0.1, 0.15) is 13.3 Å². The van der Waals surface area contributed by atoms with Gasteiger partial charge in [-0.2, -0.15) is 0 Å². The lowest BCUT2D eigenvalue weighted by Gasteiger charge is -2.13. The van der Waals surface area contributed by atoms with Crippen molar-refractivity contribution in [1.82, 2.24) is 9.71 Å². The summed E-state index contributed by atoms with van der Waals surface area (Å²) in [7, 11) is -2.14. The van der Waals surface area contributed by atoms with Gasteiger partial charge >= 0.3 is 0 Å². The van der Waals surface area contributed by atoms with E-state index in [4.69, 9.17) is 16.3 Å². The number of hydrogen-bond acceptors (Lipinski definition) is 4. The van der Waals surface area contributed by atoms with Crippen LogP contribution in [-0.4, -0.2) is 33.2 Å².